The van der Waals surface area contributed by atoms with E-state index < -0.39 is 54.0 Å². The number of carbonyl (C=O) groups excluding carboxylic acids is 4. The molecule has 42 heavy (non-hydrogen) atoms. The number of carbonyl (C=O) groups is 4. The van der Waals surface area contributed by atoms with E-state index in [0.29, 0.717) is 38.5 Å². The number of hydrogen-bond donors (Lipinski definition) is 0. The van der Waals surface area contributed by atoms with Crippen LogP contribution in [0.5, 0.6) is 0 Å². The van der Waals surface area contributed by atoms with Crippen LogP contribution in [0.2, 0.25) is 0 Å². The van der Waals surface area contributed by atoms with Crippen LogP contribution < -0.4 is 0 Å². The van der Waals surface area contributed by atoms with Gasteiger partial charge >= 0.3 is 23.9 Å². The first-order valence-corrected chi connectivity index (χ1v) is 17.3. The second-order valence-corrected chi connectivity index (χ2v) is 13.2. The van der Waals surface area contributed by atoms with Crippen LogP contribution in [0, 0.1) is 5.41 Å². The normalized spacial score (nSPS) is 23.0. The predicted octanol–water partition coefficient (Wildman–Crippen LogP) is 7.43. The van der Waals surface area contributed by atoms with Crippen LogP contribution in [-0.2, 0) is 38.1 Å². The molecule has 4 rings (SSSR count). The molecule has 0 saturated heterocycles. The van der Waals surface area contributed by atoms with Gasteiger partial charge in [-0.15, -0.1) is 0 Å². The van der Waals surface area contributed by atoms with Crippen molar-refractivity contribution < 1.29 is 38.1 Å². The monoisotopic (exact) mass is 590 g/mol. The van der Waals surface area contributed by atoms with E-state index in [-0.39, 0.29) is 6.10 Å². The summed E-state index contributed by atoms with van der Waals surface area (Å²) in [6.07, 6.45) is 19.1. The fourth-order valence-electron chi connectivity index (χ4n) is 7.11. The third-order valence-electron chi connectivity index (χ3n) is 9.78. The third kappa shape index (κ3) is 9.70. The Labute approximate surface area is 252 Å². The minimum Gasteiger partial charge on any atom is -0.462 e. The van der Waals surface area contributed by atoms with E-state index in [1.54, 1.807) is 0 Å². The van der Waals surface area contributed by atoms with E-state index in [1.165, 1.54) is 0 Å². The van der Waals surface area contributed by atoms with Crippen LogP contribution in [-0.4, -0.2) is 48.3 Å². The van der Waals surface area contributed by atoms with Crippen molar-refractivity contribution in [3.8, 4) is 0 Å². The first-order valence-electron chi connectivity index (χ1n) is 17.3. The van der Waals surface area contributed by atoms with Crippen LogP contribution in [0.25, 0.3) is 0 Å². The molecule has 0 bridgehead atoms. The quantitative estimate of drug-likeness (QED) is 0.118. The molecular weight excluding hydrogens is 536 g/mol. The van der Waals surface area contributed by atoms with Crippen molar-refractivity contribution in [2.45, 2.75) is 185 Å². The molecule has 0 atom stereocenters. The summed E-state index contributed by atoms with van der Waals surface area (Å²) in [5.74, 6) is -3.77. The fraction of sp³-hybridized carbons (Fsp3) is 0.882. The highest BCUT2D eigenvalue weighted by molar-refractivity contribution is 6.20. The van der Waals surface area contributed by atoms with Crippen LogP contribution in [0.4, 0.5) is 0 Å². The Bertz CT molecular complexity index is 769. The lowest BCUT2D eigenvalue weighted by molar-refractivity contribution is -0.196. The zero-order chi connectivity index (χ0) is 29.6. The van der Waals surface area contributed by atoms with E-state index >= 15 is 0 Å². The standard InChI is InChI=1S/C34H54O8/c35-30(39-26-17-9-1-2-10-18-26)25-34(31(36)40-27-19-11-3-4-12-20-27,32(37)41-28-21-13-5-6-14-22-28)33(38)42-29-23-15-7-8-16-24-29/h26-29H,1-25H2. The van der Waals surface area contributed by atoms with Crippen molar-refractivity contribution in [2.75, 3.05) is 0 Å². The van der Waals surface area contributed by atoms with Crippen LogP contribution >= 0.6 is 0 Å². The first-order chi connectivity index (χ1) is 20.5. The van der Waals surface area contributed by atoms with Gasteiger partial charge in [-0.2, -0.15) is 0 Å². The number of esters is 4. The molecule has 4 fully saturated rings. The number of rotatable bonds is 9. The Morgan fingerprint density at radius 1 is 0.381 bits per heavy atom. The van der Waals surface area contributed by atoms with Crippen molar-refractivity contribution in [1.29, 1.82) is 0 Å². The Hall–Kier alpha value is -2.12. The van der Waals surface area contributed by atoms with E-state index in [4.69, 9.17) is 18.9 Å². The van der Waals surface area contributed by atoms with Gasteiger partial charge in [-0.1, -0.05) is 51.4 Å². The molecule has 0 N–H and O–H groups in total. The number of ether oxygens (including phenoxy) is 4. The maximum Gasteiger partial charge on any atom is 0.336 e. The second kappa shape index (κ2) is 17.2. The van der Waals surface area contributed by atoms with E-state index in [0.717, 1.165) is 116 Å². The van der Waals surface area contributed by atoms with Crippen molar-refractivity contribution >= 4 is 23.9 Å². The van der Waals surface area contributed by atoms with Gasteiger partial charge in [0, 0.05) is 0 Å². The summed E-state index contributed by atoms with van der Waals surface area (Å²) < 4.78 is 23.8. The van der Waals surface area contributed by atoms with Gasteiger partial charge in [0.15, 0.2) is 0 Å². The zero-order valence-electron chi connectivity index (χ0n) is 25.8. The molecular formula is C34H54O8. The molecule has 0 spiro atoms. The van der Waals surface area contributed by atoms with Crippen LogP contribution in [0.1, 0.15) is 161 Å². The molecule has 0 aromatic rings. The molecule has 8 heteroatoms. The van der Waals surface area contributed by atoms with Gasteiger partial charge in [0.25, 0.3) is 5.41 Å². The van der Waals surface area contributed by atoms with E-state index in [2.05, 4.69) is 0 Å². The average Bonchev–Trinajstić information content (AvgIpc) is 3.57. The third-order valence-corrected chi connectivity index (χ3v) is 9.78. The zero-order valence-corrected chi connectivity index (χ0v) is 25.8. The molecule has 0 aromatic carbocycles. The molecule has 0 radical (unpaired) electrons. The van der Waals surface area contributed by atoms with Gasteiger partial charge in [0.1, 0.15) is 24.4 Å². The Balaban J connectivity index is 1.62. The summed E-state index contributed by atoms with van der Waals surface area (Å²) in [4.78, 5) is 56.1. The second-order valence-electron chi connectivity index (χ2n) is 13.2. The lowest BCUT2D eigenvalue weighted by Crippen LogP contribution is -2.53. The highest BCUT2D eigenvalue weighted by atomic mass is 16.6. The molecule has 4 aliphatic carbocycles. The Kier molecular flexibility index (Phi) is 13.5. The summed E-state index contributed by atoms with van der Waals surface area (Å²) in [6, 6.07) is 0. The number of hydrogen-bond acceptors (Lipinski definition) is 8. The van der Waals surface area contributed by atoms with Crippen molar-refractivity contribution in [2.24, 2.45) is 5.41 Å². The molecule has 0 heterocycles. The van der Waals surface area contributed by atoms with Gasteiger partial charge in [0.05, 0.1) is 6.42 Å². The topological polar surface area (TPSA) is 105 Å². The van der Waals surface area contributed by atoms with Crippen molar-refractivity contribution in [3.05, 3.63) is 0 Å². The average molecular weight is 591 g/mol. The van der Waals surface area contributed by atoms with E-state index in [1.807, 2.05) is 0 Å². The molecule has 0 aliphatic heterocycles. The summed E-state index contributed by atoms with van der Waals surface area (Å²) >= 11 is 0. The SMILES string of the molecule is O=C(CC(C(=O)OC1CCCCCC1)(C(=O)OC1CCCCCC1)C(=O)OC1CCCCCC1)OC1CCCCCC1. The molecule has 4 aliphatic rings. The smallest absolute Gasteiger partial charge is 0.336 e. The highest BCUT2D eigenvalue weighted by Gasteiger charge is 2.61. The largest absolute Gasteiger partial charge is 0.462 e. The van der Waals surface area contributed by atoms with Gasteiger partial charge in [-0.3, -0.25) is 19.2 Å². The van der Waals surface area contributed by atoms with Gasteiger partial charge in [-0.25, -0.2) is 0 Å². The van der Waals surface area contributed by atoms with Gasteiger partial charge < -0.3 is 18.9 Å². The minimum atomic E-state index is -2.52. The molecule has 4 saturated carbocycles. The molecule has 8 nitrogen and oxygen atoms in total. The van der Waals surface area contributed by atoms with Crippen molar-refractivity contribution in [1.82, 2.24) is 0 Å². The lowest BCUT2D eigenvalue weighted by Gasteiger charge is -2.32. The maximum atomic E-state index is 14.2. The summed E-state index contributed by atoms with van der Waals surface area (Å²) in [7, 11) is 0. The van der Waals surface area contributed by atoms with Gasteiger partial charge in [-0.05, 0) is 103 Å². The molecule has 0 unspecified atom stereocenters. The predicted molar refractivity (Wildman–Crippen MR) is 157 cm³/mol. The Morgan fingerprint density at radius 3 is 0.881 bits per heavy atom. The van der Waals surface area contributed by atoms with E-state index in [9.17, 15) is 19.2 Å². The van der Waals surface area contributed by atoms with Crippen molar-refractivity contribution in [3.63, 3.8) is 0 Å². The summed E-state index contributed by atoms with van der Waals surface area (Å²) in [5, 5.41) is 0. The Morgan fingerprint density at radius 2 is 0.619 bits per heavy atom. The summed E-state index contributed by atoms with van der Waals surface area (Å²) in [5.41, 5.74) is -2.52. The minimum absolute atomic E-state index is 0.286. The molecule has 0 aromatic heterocycles. The fourth-order valence-corrected chi connectivity index (χ4v) is 7.11. The van der Waals surface area contributed by atoms with Crippen LogP contribution in [0.3, 0.4) is 0 Å². The molecule has 0 amide bonds. The lowest BCUT2D eigenvalue weighted by atomic mass is 9.83. The first kappa shape index (κ1) is 32.8. The maximum absolute atomic E-state index is 14.2. The highest BCUT2D eigenvalue weighted by Crippen LogP contribution is 2.36. The van der Waals surface area contributed by atoms with Crippen LogP contribution in [0.15, 0.2) is 0 Å². The van der Waals surface area contributed by atoms with Gasteiger partial charge in [0.2, 0.25) is 0 Å². The molecule has 238 valence electrons. The summed E-state index contributed by atoms with van der Waals surface area (Å²) in [6.45, 7) is 0.